The van der Waals surface area contributed by atoms with Crippen LogP contribution >= 0.6 is 11.6 Å². The summed E-state index contributed by atoms with van der Waals surface area (Å²) in [7, 11) is 0. The number of hydrogen-bond donors (Lipinski definition) is 1. The number of carbonyl (C=O) groups is 1. The maximum Gasteiger partial charge on any atom is 0.391 e. The van der Waals surface area contributed by atoms with Crippen LogP contribution in [0.5, 0.6) is 0 Å². The van der Waals surface area contributed by atoms with E-state index in [0.29, 0.717) is 5.56 Å². The van der Waals surface area contributed by atoms with E-state index in [1.54, 1.807) is 18.2 Å². The number of alkyl halides is 4. The molecule has 0 bridgehead atoms. The molecule has 6 heteroatoms. The molecule has 2 nitrogen and oxygen atoms in total. The molecule has 0 saturated carbocycles. The van der Waals surface area contributed by atoms with Crippen LogP contribution in [0.3, 0.4) is 0 Å². The van der Waals surface area contributed by atoms with Crippen LogP contribution in [-0.4, -0.2) is 18.1 Å². The molecule has 1 unspecified atom stereocenters. The van der Waals surface area contributed by atoms with Crippen molar-refractivity contribution in [1.29, 1.82) is 0 Å². The van der Waals surface area contributed by atoms with Gasteiger partial charge in [-0.3, -0.25) is 4.79 Å². The number of hydrogen-bond acceptors (Lipinski definition) is 1. The predicted octanol–water partition coefficient (Wildman–Crippen LogP) is 3.50. The number of nitrogens with one attached hydrogen (secondary N) is 1. The van der Waals surface area contributed by atoms with Gasteiger partial charge in [-0.2, -0.15) is 13.2 Å². The first kappa shape index (κ1) is 14.8. The Morgan fingerprint density at radius 2 is 2.11 bits per heavy atom. The van der Waals surface area contributed by atoms with Gasteiger partial charge in [-0.05, 0) is 24.6 Å². The lowest BCUT2D eigenvalue weighted by molar-refractivity contribution is -0.138. The molecule has 100 valence electrons. The van der Waals surface area contributed by atoms with Gasteiger partial charge < -0.3 is 5.32 Å². The van der Waals surface area contributed by atoms with Crippen molar-refractivity contribution in [3.8, 4) is 0 Å². The summed E-state index contributed by atoms with van der Waals surface area (Å²) in [5, 5.41) is 2.30. The number of rotatable bonds is 4. The Morgan fingerprint density at radius 1 is 1.44 bits per heavy atom. The van der Waals surface area contributed by atoms with Crippen LogP contribution in [0.4, 0.5) is 13.2 Å². The molecule has 0 aliphatic heterocycles. The SMILES string of the molecule is CC(CC(F)(F)F)NC(=O)c1cccc(CCl)c1. The monoisotopic (exact) mass is 279 g/mol. The molecule has 1 amide bonds. The molecule has 0 fully saturated rings. The van der Waals surface area contributed by atoms with Crippen LogP contribution in [0, 0.1) is 0 Å². The van der Waals surface area contributed by atoms with Gasteiger partial charge in [0.2, 0.25) is 0 Å². The Labute approximate surface area is 108 Å². The summed E-state index contributed by atoms with van der Waals surface area (Å²) in [6.07, 6.45) is -5.33. The van der Waals surface area contributed by atoms with Crippen molar-refractivity contribution >= 4 is 17.5 Å². The number of benzene rings is 1. The summed E-state index contributed by atoms with van der Waals surface area (Å²) < 4.78 is 36.3. The van der Waals surface area contributed by atoms with Gasteiger partial charge in [-0.15, -0.1) is 11.6 Å². The van der Waals surface area contributed by atoms with Crippen molar-refractivity contribution in [3.05, 3.63) is 35.4 Å². The predicted molar refractivity (Wildman–Crippen MR) is 63.6 cm³/mol. The first-order chi connectivity index (χ1) is 8.31. The van der Waals surface area contributed by atoms with Gasteiger partial charge in [0.05, 0.1) is 6.42 Å². The highest BCUT2D eigenvalue weighted by Crippen LogP contribution is 2.21. The molecule has 0 spiro atoms. The molecule has 0 saturated heterocycles. The van der Waals surface area contributed by atoms with E-state index < -0.39 is 24.5 Å². The zero-order valence-corrected chi connectivity index (χ0v) is 10.5. The van der Waals surface area contributed by atoms with E-state index in [2.05, 4.69) is 5.32 Å². The summed E-state index contributed by atoms with van der Waals surface area (Å²) in [5.74, 6) is -0.280. The third-order valence-electron chi connectivity index (χ3n) is 2.26. The van der Waals surface area contributed by atoms with E-state index in [4.69, 9.17) is 11.6 Å². The topological polar surface area (TPSA) is 29.1 Å². The van der Waals surface area contributed by atoms with Gasteiger partial charge in [-0.1, -0.05) is 12.1 Å². The molecule has 1 aromatic carbocycles. The summed E-state index contributed by atoms with van der Waals surface area (Å²) in [6, 6.07) is 5.51. The Balaban J connectivity index is 2.64. The average molecular weight is 280 g/mol. The molecule has 0 aromatic heterocycles. The fourth-order valence-electron chi connectivity index (χ4n) is 1.50. The second kappa shape index (κ2) is 6.09. The normalized spacial score (nSPS) is 13.2. The Bertz CT molecular complexity index is 420. The zero-order chi connectivity index (χ0) is 13.8. The summed E-state index contributed by atoms with van der Waals surface area (Å²) in [6.45, 7) is 1.32. The Hall–Kier alpha value is -1.23. The minimum Gasteiger partial charge on any atom is -0.349 e. The molecule has 1 atom stereocenters. The minimum absolute atomic E-state index is 0.249. The van der Waals surface area contributed by atoms with Crippen LogP contribution in [0.25, 0.3) is 0 Å². The third kappa shape index (κ3) is 4.96. The van der Waals surface area contributed by atoms with Crippen LogP contribution in [0.15, 0.2) is 24.3 Å². The van der Waals surface area contributed by atoms with E-state index in [1.807, 2.05) is 0 Å². The second-order valence-electron chi connectivity index (χ2n) is 4.03. The Kier molecular flexibility index (Phi) is 5.02. The lowest BCUT2D eigenvalue weighted by Gasteiger charge is -2.16. The second-order valence-corrected chi connectivity index (χ2v) is 4.30. The lowest BCUT2D eigenvalue weighted by atomic mass is 10.1. The quantitative estimate of drug-likeness (QED) is 0.840. The van der Waals surface area contributed by atoms with Crippen LogP contribution in [0.1, 0.15) is 29.3 Å². The van der Waals surface area contributed by atoms with Gasteiger partial charge in [0.1, 0.15) is 0 Å². The van der Waals surface area contributed by atoms with Crippen molar-refractivity contribution < 1.29 is 18.0 Å². The maximum atomic E-state index is 12.1. The van der Waals surface area contributed by atoms with E-state index in [1.165, 1.54) is 13.0 Å². The number of halogens is 4. The molecule has 18 heavy (non-hydrogen) atoms. The fraction of sp³-hybridized carbons (Fsp3) is 0.417. The van der Waals surface area contributed by atoms with E-state index >= 15 is 0 Å². The molecule has 1 rings (SSSR count). The highest BCUT2D eigenvalue weighted by Gasteiger charge is 2.30. The minimum atomic E-state index is -4.29. The first-order valence-electron chi connectivity index (χ1n) is 5.34. The van der Waals surface area contributed by atoms with E-state index in [0.717, 1.165) is 5.56 Å². The molecular weight excluding hydrogens is 267 g/mol. The highest BCUT2D eigenvalue weighted by atomic mass is 35.5. The standard InChI is InChI=1S/C12H13ClF3NO/c1-8(6-12(14,15)16)17-11(18)10-4-2-3-9(5-10)7-13/h2-5,8H,6-7H2,1H3,(H,17,18). The van der Waals surface area contributed by atoms with Gasteiger partial charge in [0, 0.05) is 17.5 Å². The van der Waals surface area contributed by atoms with Gasteiger partial charge in [0.25, 0.3) is 5.91 Å². The Morgan fingerprint density at radius 3 is 2.67 bits per heavy atom. The number of carbonyl (C=O) groups excluding carboxylic acids is 1. The van der Waals surface area contributed by atoms with Crippen LogP contribution in [-0.2, 0) is 5.88 Å². The fourth-order valence-corrected chi connectivity index (χ4v) is 1.67. The summed E-state index contributed by atoms with van der Waals surface area (Å²) in [5.41, 5.74) is 1.05. The van der Waals surface area contributed by atoms with Crippen molar-refractivity contribution in [2.24, 2.45) is 0 Å². The number of amides is 1. The van der Waals surface area contributed by atoms with Crippen molar-refractivity contribution in [2.45, 2.75) is 31.4 Å². The molecule has 0 radical (unpaired) electrons. The van der Waals surface area contributed by atoms with E-state index in [-0.39, 0.29) is 5.88 Å². The maximum absolute atomic E-state index is 12.1. The van der Waals surface area contributed by atoms with E-state index in [9.17, 15) is 18.0 Å². The van der Waals surface area contributed by atoms with Crippen molar-refractivity contribution in [3.63, 3.8) is 0 Å². The molecule has 0 aliphatic rings. The smallest absolute Gasteiger partial charge is 0.349 e. The zero-order valence-electron chi connectivity index (χ0n) is 9.72. The van der Waals surface area contributed by atoms with Crippen molar-refractivity contribution in [2.75, 3.05) is 0 Å². The molecule has 0 aliphatic carbocycles. The molecule has 1 aromatic rings. The molecule has 0 heterocycles. The van der Waals surface area contributed by atoms with Gasteiger partial charge >= 0.3 is 6.18 Å². The van der Waals surface area contributed by atoms with Crippen LogP contribution < -0.4 is 5.32 Å². The molecular formula is C12H13ClF3NO. The summed E-state index contributed by atoms with van der Waals surface area (Å²) >= 11 is 5.62. The highest BCUT2D eigenvalue weighted by molar-refractivity contribution is 6.17. The van der Waals surface area contributed by atoms with Gasteiger partial charge in [0.15, 0.2) is 0 Å². The largest absolute Gasteiger partial charge is 0.391 e. The average Bonchev–Trinajstić information content (AvgIpc) is 2.26. The van der Waals surface area contributed by atoms with Gasteiger partial charge in [-0.25, -0.2) is 0 Å². The van der Waals surface area contributed by atoms with Crippen LogP contribution in [0.2, 0.25) is 0 Å². The summed E-state index contributed by atoms with van der Waals surface area (Å²) in [4.78, 5) is 11.7. The third-order valence-corrected chi connectivity index (χ3v) is 2.57. The van der Waals surface area contributed by atoms with Crippen molar-refractivity contribution in [1.82, 2.24) is 5.32 Å². The lowest BCUT2D eigenvalue weighted by Crippen LogP contribution is -2.35. The molecule has 1 N–H and O–H groups in total. The first-order valence-corrected chi connectivity index (χ1v) is 5.88.